The highest BCUT2D eigenvalue weighted by Gasteiger charge is 2.31. The molecule has 2 nitrogen and oxygen atoms in total. The Kier molecular flexibility index (Phi) is 3.96. The van der Waals surface area contributed by atoms with Crippen LogP contribution in [0.15, 0.2) is 0 Å². The summed E-state index contributed by atoms with van der Waals surface area (Å²) < 4.78 is 0. The van der Waals surface area contributed by atoms with E-state index in [4.69, 9.17) is 5.73 Å². The average molecular weight is 198 g/mol. The number of nitrogens with two attached hydrogens (primary N) is 1. The Morgan fingerprint density at radius 1 is 1.43 bits per heavy atom. The minimum Gasteiger partial charge on any atom is -0.330 e. The SMILES string of the molecule is C[C@H](CN)CN1CCC(C(C)(C)C)C1. The molecule has 1 rings (SSSR count). The molecule has 14 heavy (non-hydrogen) atoms. The molecular weight excluding hydrogens is 172 g/mol. The van der Waals surface area contributed by atoms with Gasteiger partial charge in [0.1, 0.15) is 0 Å². The van der Waals surface area contributed by atoms with Gasteiger partial charge < -0.3 is 10.6 Å². The first-order valence-electron chi connectivity index (χ1n) is 5.86. The van der Waals surface area contributed by atoms with Crippen molar-refractivity contribution in [2.45, 2.75) is 34.1 Å². The van der Waals surface area contributed by atoms with Crippen molar-refractivity contribution in [1.29, 1.82) is 0 Å². The monoisotopic (exact) mass is 198 g/mol. The predicted molar refractivity (Wildman–Crippen MR) is 62.2 cm³/mol. The van der Waals surface area contributed by atoms with Crippen molar-refractivity contribution in [3.8, 4) is 0 Å². The smallest absolute Gasteiger partial charge is 0.00192 e. The molecule has 1 fully saturated rings. The molecule has 0 aromatic heterocycles. The highest BCUT2D eigenvalue weighted by Crippen LogP contribution is 2.33. The number of hydrogen-bond donors (Lipinski definition) is 1. The molecular formula is C12H26N2. The molecule has 1 aliphatic heterocycles. The van der Waals surface area contributed by atoms with Crippen LogP contribution in [0.4, 0.5) is 0 Å². The molecule has 0 aromatic carbocycles. The second-order valence-electron chi connectivity index (χ2n) is 5.95. The molecule has 1 aliphatic rings. The maximum Gasteiger partial charge on any atom is 0.00192 e. The topological polar surface area (TPSA) is 29.3 Å². The van der Waals surface area contributed by atoms with Crippen molar-refractivity contribution in [3.05, 3.63) is 0 Å². The van der Waals surface area contributed by atoms with Gasteiger partial charge in [-0.1, -0.05) is 27.7 Å². The van der Waals surface area contributed by atoms with Crippen LogP contribution < -0.4 is 5.73 Å². The van der Waals surface area contributed by atoms with E-state index in [9.17, 15) is 0 Å². The third-order valence-corrected chi connectivity index (χ3v) is 3.47. The van der Waals surface area contributed by atoms with Crippen LogP contribution in [-0.2, 0) is 0 Å². The summed E-state index contributed by atoms with van der Waals surface area (Å²) in [5, 5.41) is 0. The third kappa shape index (κ3) is 3.25. The quantitative estimate of drug-likeness (QED) is 0.751. The van der Waals surface area contributed by atoms with E-state index in [0.29, 0.717) is 11.3 Å². The molecule has 0 bridgehead atoms. The lowest BCUT2D eigenvalue weighted by atomic mass is 9.80. The third-order valence-electron chi connectivity index (χ3n) is 3.47. The van der Waals surface area contributed by atoms with Gasteiger partial charge in [-0.05, 0) is 36.8 Å². The lowest BCUT2D eigenvalue weighted by Crippen LogP contribution is -2.31. The molecule has 0 spiro atoms. The molecule has 1 heterocycles. The first-order valence-corrected chi connectivity index (χ1v) is 5.86. The van der Waals surface area contributed by atoms with Crippen molar-refractivity contribution in [3.63, 3.8) is 0 Å². The van der Waals surface area contributed by atoms with E-state index in [2.05, 4.69) is 32.6 Å². The lowest BCUT2D eigenvalue weighted by molar-refractivity contribution is 0.218. The Bertz CT molecular complexity index is 172. The predicted octanol–water partition coefficient (Wildman–Crippen LogP) is 1.95. The molecule has 1 saturated heterocycles. The van der Waals surface area contributed by atoms with Crippen molar-refractivity contribution in [2.75, 3.05) is 26.2 Å². The second kappa shape index (κ2) is 4.63. The summed E-state index contributed by atoms with van der Waals surface area (Å²) in [6.45, 7) is 13.8. The normalized spacial score (nSPS) is 26.8. The zero-order valence-corrected chi connectivity index (χ0v) is 10.2. The fraction of sp³-hybridized carbons (Fsp3) is 1.00. The van der Waals surface area contributed by atoms with E-state index in [1.54, 1.807) is 0 Å². The van der Waals surface area contributed by atoms with Crippen molar-refractivity contribution in [1.82, 2.24) is 4.90 Å². The number of nitrogens with zero attached hydrogens (tertiary/aromatic N) is 1. The van der Waals surface area contributed by atoms with Crippen LogP contribution in [0.3, 0.4) is 0 Å². The van der Waals surface area contributed by atoms with Gasteiger partial charge in [0.2, 0.25) is 0 Å². The average Bonchev–Trinajstić information content (AvgIpc) is 2.51. The number of hydrogen-bond acceptors (Lipinski definition) is 2. The van der Waals surface area contributed by atoms with Crippen LogP contribution in [0.1, 0.15) is 34.1 Å². The standard InChI is InChI=1S/C12H26N2/c1-10(7-13)8-14-6-5-11(9-14)12(2,3)4/h10-11H,5-9,13H2,1-4H3/t10-,11?/m1/s1. The summed E-state index contributed by atoms with van der Waals surface area (Å²) in [4.78, 5) is 2.58. The summed E-state index contributed by atoms with van der Waals surface area (Å²) >= 11 is 0. The highest BCUT2D eigenvalue weighted by atomic mass is 15.1. The van der Waals surface area contributed by atoms with Crippen LogP contribution in [-0.4, -0.2) is 31.1 Å². The molecule has 0 saturated carbocycles. The molecule has 2 atom stereocenters. The zero-order valence-electron chi connectivity index (χ0n) is 10.2. The molecule has 0 aromatic rings. The fourth-order valence-corrected chi connectivity index (χ4v) is 2.22. The van der Waals surface area contributed by atoms with E-state index in [1.807, 2.05) is 0 Å². The van der Waals surface area contributed by atoms with Gasteiger partial charge >= 0.3 is 0 Å². The Labute approximate surface area is 88.8 Å². The van der Waals surface area contributed by atoms with Gasteiger partial charge in [-0.3, -0.25) is 0 Å². The van der Waals surface area contributed by atoms with E-state index in [-0.39, 0.29) is 0 Å². The molecule has 1 unspecified atom stereocenters. The maximum atomic E-state index is 5.64. The van der Waals surface area contributed by atoms with E-state index in [0.717, 1.165) is 12.5 Å². The van der Waals surface area contributed by atoms with Gasteiger partial charge in [0.05, 0.1) is 0 Å². The molecule has 2 heteroatoms. The van der Waals surface area contributed by atoms with Crippen molar-refractivity contribution >= 4 is 0 Å². The first kappa shape index (κ1) is 12.0. The Balaban J connectivity index is 2.34. The van der Waals surface area contributed by atoms with Gasteiger partial charge in [-0.25, -0.2) is 0 Å². The van der Waals surface area contributed by atoms with Crippen LogP contribution >= 0.6 is 0 Å². The summed E-state index contributed by atoms with van der Waals surface area (Å²) in [5.41, 5.74) is 6.12. The Morgan fingerprint density at radius 2 is 2.07 bits per heavy atom. The van der Waals surface area contributed by atoms with Gasteiger partial charge in [-0.15, -0.1) is 0 Å². The molecule has 84 valence electrons. The van der Waals surface area contributed by atoms with E-state index in [1.165, 1.54) is 26.1 Å². The minimum absolute atomic E-state index is 0.473. The first-order chi connectivity index (χ1) is 6.43. The fourth-order valence-electron chi connectivity index (χ4n) is 2.22. The molecule has 0 amide bonds. The van der Waals surface area contributed by atoms with Gasteiger partial charge in [-0.2, -0.15) is 0 Å². The van der Waals surface area contributed by atoms with Crippen molar-refractivity contribution in [2.24, 2.45) is 23.0 Å². The van der Waals surface area contributed by atoms with Crippen LogP contribution in [0.25, 0.3) is 0 Å². The summed E-state index contributed by atoms with van der Waals surface area (Å²) in [7, 11) is 0. The van der Waals surface area contributed by atoms with Gasteiger partial charge in [0, 0.05) is 13.1 Å². The van der Waals surface area contributed by atoms with Gasteiger partial charge in [0.25, 0.3) is 0 Å². The largest absolute Gasteiger partial charge is 0.330 e. The van der Waals surface area contributed by atoms with Gasteiger partial charge in [0.15, 0.2) is 0 Å². The number of rotatable bonds is 3. The Hall–Kier alpha value is -0.0800. The summed E-state index contributed by atoms with van der Waals surface area (Å²) in [6.07, 6.45) is 1.36. The van der Waals surface area contributed by atoms with Crippen molar-refractivity contribution < 1.29 is 0 Å². The maximum absolute atomic E-state index is 5.64. The second-order valence-corrected chi connectivity index (χ2v) is 5.95. The summed E-state index contributed by atoms with van der Waals surface area (Å²) in [5.74, 6) is 1.51. The van der Waals surface area contributed by atoms with E-state index >= 15 is 0 Å². The molecule has 0 radical (unpaired) electrons. The summed E-state index contributed by atoms with van der Waals surface area (Å²) in [6, 6.07) is 0. The zero-order chi connectivity index (χ0) is 10.8. The van der Waals surface area contributed by atoms with E-state index < -0.39 is 0 Å². The lowest BCUT2D eigenvalue weighted by Gasteiger charge is -2.27. The Morgan fingerprint density at radius 3 is 2.50 bits per heavy atom. The van der Waals surface area contributed by atoms with Crippen LogP contribution in [0.2, 0.25) is 0 Å². The molecule has 2 N–H and O–H groups in total. The van der Waals surface area contributed by atoms with Crippen LogP contribution in [0, 0.1) is 17.3 Å². The number of likely N-dealkylation sites (tertiary alicyclic amines) is 1. The highest BCUT2D eigenvalue weighted by molar-refractivity contribution is 4.84. The minimum atomic E-state index is 0.473. The molecule has 0 aliphatic carbocycles. The van der Waals surface area contributed by atoms with Crippen LogP contribution in [0.5, 0.6) is 0 Å².